The fourth-order valence-electron chi connectivity index (χ4n) is 2.53. The lowest BCUT2D eigenvalue weighted by molar-refractivity contribution is -0.178. The highest BCUT2D eigenvalue weighted by atomic mass is 16.5. The summed E-state index contributed by atoms with van der Waals surface area (Å²) in [5.41, 5.74) is 0. The Balaban J connectivity index is 0.00000144. The van der Waals surface area contributed by atoms with Gasteiger partial charge >= 0.3 is 0 Å². The van der Waals surface area contributed by atoms with E-state index in [1.54, 1.807) is 18.9 Å². The van der Waals surface area contributed by atoms with Gasteiger partial charge in [-0.2, -0.15) is 0 Å². The molecule has 2 fully saturated rings. The Morgan fingerprint density at radius 3 is 2.88 bits per heavy atom. The monoisotopic (exact) mass is 228 g/mol. The van der Waals surface area contributed by atoms with Crippen LogP contribution in [0.5, 0.6) is 0 Å². The Hall–Kier alpha value is -0.940. The van der Waals surface area contributed by atoms with Crippen LogP contribution in [0.3, 0.4) is 0 Å². The number of hydrogen-bond acceptors (Lipinski definition) is 4. The van der Waals surface area contributed by atoms with Crippen LogP contribution in [-0.4, -0.2) is 48.6 Å². The molecule has 3 unspecified atom stereocenters. The molecule has 0 aromatic rings. The molecule has 16 heavy (non-hydrogen) atoms. The third-order valence-corrected chi connectivity index (χ3v) is 3.42. The number of likely N-dealkylation sites (N-methyl/N-ethyl adjacent to an activating group) is 1. The maximum Gasteiger partial charge on any atom is 0.242 e. The highest BCUT2D eigenvalue weighted by Crippen LogP contribution is 2.27. The highest BCUT2D eigenvalue weighted by molar-refractivity contribution is 5.90. The SMILES string of the molecule is CNC1CCC2OCCC(C(C)=O)N2C1=O.[HH]. The predicted octanol–water partition coefficient (Wildman–Crippen LogP) is 0.147. The summed E-state index contributed by atoms with van der Waals surface area (Å²) in [5.74, 6) is 0.0528. The van der Waals surface area contributed by atoms with Crippen LogP contribution in [0.1, 0.15) is 27.6 Å². The molecule has 0 aromatic carbocycles. The van der Waals surface area contributed by atoms with E-state index in [0.717, 1.165) is 12.8 Å². The lowest BCUT2D eigenvalue weighted by atomic mass is 9.97. The van der Waals surface area contributed by atoms with E-state index in [1.807, 2.05) is 0 Å². The van der Waals surface area contributed by atoms with Gasteiger partial charge in [0.2, 0.25) is 5.91 Å². The van der Waals surface area contributed by atoms with Crippen LogP contribution in [0, 0.1) is 0 Å². The van der Waals surface area contributed by atoms with Crippen LogP contribution >= 0.6 is 0 Å². The summed E-state index contributed by atoms with van der Waals surface area (Å²) in [6, 6.07) is -0.456. The second kappa shape index (κ2) is 4.51. The topological polar surface area (TPSA) is 58.6 Å². The number of nitrogens with one attached hydrogen (secondary N) is 1. The number of amides is 1. The van der Waals surface area contributed by atoms with E-state index in [4.69, 9.17) is 4.74 Å². The van der Waals surface area contributed by atoms with Gasteiger partial charge in [-0.1, -0.05) is 0 Å². The molecule has 0 aliphatic carbocycles. The number of carbonyl (C=O) groups excluding carboxylic acids is 2. The molecule has 0 radical (unpaired) electrons. The molecule has 3 atom stereocenters. The Labute approximate surface area is 96.6 Å². The van der Waals surface area contributed by atoms with Gasteiger partial charge in [0.1, 0.15) is 6.23 Å². The zero-order valence-corrected chi connectivity index (χ0v) is 9.73. The van der Waals surface area contributed by atoms with Crippen LogP contribution in [0.25, 0.3) is 0 Å². The number of hydrogen-bond donors (Lipinski definition) is 1. The molecule has 2 heterocycles. The Kier molecular flexibility index (Phi) is 3.25. The number of nitrogens with zero attached hydrogens (tertiary/aromatic N) is 1. The second-order valence-corrected chi connectivity index (χ2v) is 4.40. The van der Waals surface area contributed by atoms with Crippen molar-refractivity contribution in [3.8, 4) is 0 Å². The van der Waals surface area contributed by atoms with Gasteiger partial charge in [-0.15, -0.1) is 0 Å². The fraction of sp³-hybridized carbons (Fsp3) is 0.818. The summed E-state index contributed by atoms with van der Waals surface area (Å²) in [5, 5.41) is 2.99. The van der Waals surface area contributed by atoms with Crippen molar-refractivity contribution in [1.82, 2.24) is 10.2 Å². The molecule has 1 amide bonds. The molecule has 0 saturated carbocycles. The Morgan fingerprint density at radius 1 is 1.50 bits per heavy atom. The molecule has 92 valence electrons. The number of fused-ring (bicyclic) bond motifs is 1. The van der Waals surface area contributed by atoms with E-state index in [0.29, 0.717) is 13.0 Å². The lowest BCUT2D eigenvalue weighted by Gasteiger charge is -2.45. The molecule has 5 nitrogen and oxygen atoms in total. The molecule has 5 heteroatoms. The molecule has 2 aliphatic heterocycles. The summed E-state index contributed by atoms with van der Waals surface area (Å²) in [4.78, 5) is 25.3. The fourth-order valence-corrected chi connectivity index (χ4v) is 2.53. The van der Waals surface area contributed by atoms with Crippen LogP contribution in [-0.2, 0) is 14.3 Å². The lowest BCUT2D eigenvalue weighted by Crippen LogP contribution is -2.62. The van der Waals surface area contributed by atoms with Gasteiger partial charge in [0.15, 0.2) is 5.78 Å². The summed E-state index contributed by atoms with van der Waals surface area (Å²) < 4.78 is 5.55. The minimum atomic E-state index is -0.289. The molecule has 2 aliphatic rings. The van der Waals surface area contributed by atoms with Crippen molar-refractivity contribution in [2.24, 2.45) is 0 Å². The molecular formula is C11H20N2O3. The zero-order valence-electron chi connectivity index (χ0n) is 9.73. The van der Waals surface area contributed by atoms with Gasteiger partial charge < -0.3 is 15.0 Å². The van der Waals surface area contributed by atoms with Crippen molar-refractivity contribution in [3.63, 3.8) is 0 Å². The van der Waals surface area contributed by atoms with Crippen molar-refractivity contribution in [2.75, 3.05) is 13.7 Å². The summed E-state index contributed by atoms with van der Waals surface area (Å²) in [6.45, 7) is 2.12. The second-order valence-electron chi connectivity index (χ2n) is 4.40. The first-order chi connectivity index (χ1) is 7.65. The van der Waals surface area contributed by atoms with Crippen LogP contribution in [0.4, 0.5) is 0 Å². The molecule has 0 bridgehead atoms. The average Bonchev–Trinajstić information content (AvgIpc) is 2.29. The summed E-state index contributed by atoms with van der Waals surface area (Å²) >= 11 is 0. The number of ether oxygens (including phenoxy) is 1. The van der Waals surface area contributed by atoms with E-state index in [-0.39, 0.29) is 31.4 Å². The molecule has 2 saturated heterocycles. The number of rotatable bonds is 2. The molecule has 0 aromatic heterocycles. The first-order valence-electron chi connectivity index (χ1n) is 5.76. The van der Waals surface area contributed by atoms with Crippen LogP contribution < -0.4 is 5.32 Å². The van der Waals surface area contributed by atoms with Gasteiger partial charge in [-0.3, -0.25) is 9.59 Å². The van der Waals surface area contributed by atoms with Crippen molar-refractivity contribution in [3.05, 3.63) is 0 Å². The quantitative estimate of drug-likeness (QED) is 0.730. The smallest absolute Gasteiger partial charge is 0.242 e. The van der Waals surface area contributed by atoms with E-state index in [1.165, 1.54) is 0 Å². The average molecular weight is 228 g/mol. The third-order valence-electron chi connectivity index (χ3n) is 3.42. The zero-order chi connectivity index (χ0) is 11.7. The molecule has 0 spiro atoms. The number of Topliss-reactive ketones (excluding diaryl/α,β-unsaturated/α-hetero) is 1. The maximum atomic E-state index is 12.1. The molecule has 2 rings (SSSR count). The minimum Gasteiger partial charge on any atom is -0.358 e. The first kappa shape index (κ1) is 11.5. The highest BCUT2D eigenvalue weighted by Gasteiger charge is 2.42. The standard InChI is InChI=1S/C11H18N2O3.H2/c1-7(14)9-5-6-16-10-4-3-8(12-2)11(15)13(9)10;/h8-10,12H,3-6H2,1-2H3;1H. The van der Waals surface area contributed by atoms with Crippen molar-refractivity contribution < 1.29 is 15.8 Å². The van der Waals surface area contributed by atoms with Gasteiger partial charge in [-0.25, -0.2) is 0 Å². The summed E-state index contributed by atoms with van der Waals surface area (Å²) in [6.07, 6.45) is 2.01. The van der Waals surface area contributed by atoms with Crippen molar-refractivity contribution >= 4 is 11.7 Å². The van der Waals surface area contributed by atoms with Gasteiger partial charge in [0, 0.05) is 1.43 Å². The van der Waals surface area contributed by atoms with E-state index >= 15 is 0 Å². The number of carbonyl (C=O) groups is 2. The van der Waals surface area contributed by atoms with E-state index < -0.39 is 0 Å². The van der Waals surface area contributed by atoms with Crippen molar-refractivity contribution in [1.29, 1.82) is 0 Å². The first-order valence-corrected chi connectivity index (χ1v) is 5.76. The van der Waals surface area contributed by atoms with Gasteiger partial charge in [0.05, 0.1) is 18.7 Å². The normalized spacial score (nSPS) is 34.8. The number of ketones is 1. The van der Waals surface area contributed by atoms with Crippen molar-refractivity contribution in [2.45, 2.75) is 44.5 Å². The van der Waals surface area contributed by atoms with Gasteiger partial charge in [0.25, 0.3) is 0 Å². The Bertz CT molecular complexity index is 311. The Morgan fingerprint density at radius 2 is 2.25 bits per heavy atom. The van der Waals surface area contributed by atoms with Gasteiger partial charge in [-0.05, 0) is 33.2 Å². The van der Waals surface area contributed by atoms with E-state index in [9.17, 15) is 9.59 Å². The van der Waals surface area contributed by atoms with Crippen LogP contribution in [0.2, 0.25) is 0 Å². The minimum absolute atomic E-state index is 0. The third kappa shape index (κ3) is 1.85. The predicted molar refractivity (Wildman–Crippen MR) is 59.9 cm³/mol. The molecular weight excluding hydrogens is 208 g/mol. The maximum absolute atomic E-state index is 12.1. The number of piperidine rings is 1. The van der Waals surface area contributed by atoms with Crippen LogP contribution in [0.15, 0.2) is 0 Å². The molecule has 1 N–H and O–H groups in total. The largest absolute Gasteiger partial charge is 0.358 e. The van der Waals surface area contributed by atoms with E-state index in [2.05, 4.69) is 5.32 Å². The summed E-state index contributed by atoms with van der Waals surface area (Å²) in [7, 11) is 1.77.